The molecule has 0 spiro atoms. The molecular weight excluding hydrogens is 230 g/mol. The molecule has 1 aliphatic carbocycles. The summed E-state index contributed by atoms with van der Waals surface area (Å²) in [5, 5.41) is 14.8. The maximum absolute atomic E-state index is 11.4. The van der Waals surface area contributed by atoms with Crippen LogP contribution in [-0.2, 0) is 4.79 Å². The minimum atomic E-state index is 0.0963. The fourth-order valence-electron chi connectivity index (χ4n) is 1.53. The van der Waals surface area contributed by atoms with Crippen LogP contribution in [0.2, 0.25) is 0 Å². The zero-order valence-electron chi connectivity index (χ0n) is 10.0. The average molecular weight is 245 g/mol. The largest absolute Gasteiger partial charge is 0.368 e. The molecule has 1 aromatic heterocycles. The highest BCUT2D eigenvalue weighted by atomic mass is 16.1. The van der Waals surface area contributed by atoms with Crippen LogP contribution >= 0.6 is 0 Å². The van der Waals surface area contributed by atoms with Gasteiger partial charge in [0.15, 0.2) is 11.5 Å². The number of carbonyl (C=O) groups is 1. The van der Waals surface area contributed by atoms with Crippen molar-refractivity contribution in [1.29, 1.82) is 5.26 Å². The smallest absolute Gasteiger partial charge is 0.220 e. The van der Waals surface area contributed by atoms with Gasteiger partial charge in [0.25, 0.3) is 0 Å². The molecule has 1 amide bonds. The summed E-state index contributed by atoms with van der Waals surface area (Å²) < 4.78 is 0. The fourth-order valence-corrected chi connectivity index (χ4v) is 1.53. The Morgan fingerprint density at radius 2 is 2.22 bits per heavy atom. The maximum Gasteiger partial charge on any atom is 0.220 e. The van der Waals surface area contributed by atoms with E-state index in [4.69, 9.17) is 5.26 Å². The lowest BCUT2D eigenvalue weighted by molar-refractivity contribution is -0.121. The average Bonchev–Trinajstić information content (AvgIpc) is 3.19. The van der Waals surface area contributed by atoms with Crippen molar-refractivity contribution in [1.82, 2.24) is 15.3 Å². The molecule has 0 aliphatic heterocycles. The first-order valence-electron chi connectivity index (χ1n) is 6.04. The molecule has 0 saturated heterocycles. The molecule has 0 bridgehead atoms. The van der Waals surface area contributed by atoms with E-state index in [-0.39, 0.29) is 11.6 Å². The van der Waals surface area contributed by atoms with E-state index in [1.807, 2.05) is 6.07 Å². The van der Waals surface area contributed by atoms with Gasteiger partial charge in [-0.2, -0.15) is 5.26 Å². The third-order valence-corrected chi connectivity index (χ3v) is 2.62. The Labute approximate surface area is 105 Å². The van der Waals surface area contributed by atoms with Gasteiger partial charge >= 0.3 is 0 Å². The Morgan fingerprint density at radius 1 is 1.44 bits per heavy atom. The van der Waals surface area contributed by atoms with Crippen LogP contribution < -0.4 is 10.6 Å². The zero-order valence-corrected chi connectivity index (χ0v) is 10.0. The molecule has 1 aromatic rings. The molecule has 1 fully saturated rings. The Kier molecular flexibility index (Phi) is 4.07. The summed E-state index contributed by atoms with van der Waals surface area (Å²) in [5.41, 5.74) is 0.278. The summed E-state index contributed by atoms with van der Waals surface area (Å²) in [6.45, 7) is 0.603. The molecule has 6 heteroatoms. The number of hydrogen-bond donors (Lipinski definition) is 2. The van der Waals surface area contributed by atoms with Crippen LogP contribution in [0.25, 0.3) is 0 Å². The monoisotopic (exact) mass is 245 g/mol. The highest BCUT2D eigenvalue weighted by molar-refractivity contribution is 5.76. The number of anilines is 1. The molecule has 1 saturated carbocycles. The molecule has 2 rings (SSSR count). The van der Waals surface area contributed by atoms with Gasteiger partial charge in [-0.25, -0.2) is 9.97 Å². The molecule has 0 unspecified atom stereocenters. The molecule has 0 atom stereocenters. The van der Waals surface area contributed by atoms with Crippen LogP contribution in [0.15, 0.2) is 12.4 Å². The maximum atomic E-state index is 11.4. The topological polar surface area (TPSA) is 90.7 Å². The van der Waals surface area contributed by atoms with E-state index in [9.17, 15) is 4.79 Å². The van der Waals surface area contributed by atoms with E-state index in [0.717, 1.165) is 12.8 Å². The Bertz CT molecular complexity index is 464. The van der Waals surface area contributed by atoms with Gasteiger partial charge in [-0.1, -0.05) is 0 Å². The van der Waals surface area contributed by atoms with Crippen LogP contribution in [0, 0.1) is 11.3 Å². The van der Waals surface area contributed by atoms with Crippen LogP contribution in [0.1, 0.15) is 31.4 Å². The second-order valence-electron chi connectivity index (χ2n) is 4.24. The summed E-state index contributed by atoms with van der Waals surface area (Å²) in [6, 6.07) is 2.38. The molecule has 1 aliphatic rings. The van der Waals surface area contributed by atoms with Crippen LogP contribution in [0.3, 0.4) is 0 Å². The van der Waals surface area contributed by atoms with Crippen molar-refractivity contribution < 1.29 is 4.79 Å². The first kappa shape index (κ1) is 12.3. The van der Waals surface area contributed by atoms with Crippen LogP contribution in [0.5, 0.6) is 0 Å². The number of nitrogens with zero attached hydrogens (tertiary/aromatic N) is 3. The normalized spacial score (nSPS) is 13.7. The van der Waals surface area contributed by atoms with Gasteiger partial charge in [0.1, 0.15) is 6.07 Å². The highest BCUT2D eigenvalue weighted by Gasteiger charge is 2.22. The van der Waals surface area contributed by atoms with Gasteiger partial charge in [-0.15, -0.1) is 0 Å². The molecule has 0 aromatic carbocycles. The quantitative estimate of drug-likeness (QED) is 0.724. The van der Waals surface area contributed by atoms with Gasteiger partial charge in [-0.05, 0) is 19.3 Å². The van der Waals surface area contributed by atoms with E-state index >= 15 is 0 Å². The summed E-state index contributed by atoms with van der Waals surface area (Å²) >= 11 is 0. The first-order chi connectivity index (χ1) is 8.79. The van der Waals surface area contributed by atoms with Gasteiger partial charge in [0.05, 0.1) is 0 Å². The first-order valence-corrected chi connectivity index (χ1v) is 6.04. The molecule has 18 heavy (non-hydrogen) atoms. The van der Waals surface area contributed by atoms with Crippen molar-refractivity contribution in [3.8, 4) is 6.07 Å². The van der Waals surface area contributed by atoms with Crippen LogP contribution in [-0.4, -0.2) is 28.5 Å². The Morgan fingerprint density at radius 3 is 2.94 bits per heavy atom. The standard InChI is InChI=1S/C12H15N5O/c13-8-10-12(16-7-6-14-10)15-5-1-2-11(18)17-9-3-4-9/h6-7,9H,1-5H2,(H,15,16)(H,17,18). The van der Waals surface area contributed by atoms with E-state index in [1.165, 1.54) is 12.4 Å². The van der Waals surface area contributed by atoms with E-state index in [0.29, 0.717) is 31.2 Å². The fraction of sp³-hybridized carbons (Fsp3) is 0.500. The lowest BCUT2D eigenvalue weighted by atomic mass is 10.3. The van der Waals surface area contributed by atoms with Gasteiger partial charge in [0.2, 0.25) is 5.91 Å². The highest BCUT2D eigenvalue weighted by Crippen LogP contribution is 2.18. The number of nitriles is 1. The number of hydrogen-bond acceptors (Lipinski definition) is 5. The second kappa shape index (κ2) is 5.96. The molecule has 0 radical (unpaired) electrons. The van der Waals surface area contributed by atoms with Crippen molar-refractivity contribution in [3.63, 3.8) is 0 Å². The van der Waals surface area contributed by atoms with Crippen molar-refractivity contribution in [2.75, 3.05) is 11.9 Å². The number of carbonyl (C=O) groups excluding carboxylic acids is 1. The van der Waals surface area contributed by atoms with Gasteiger partial charge < -0.3 is 10.6 Å². The van der Waals surface area contributed by atoms with Crippen molar-refractivity contribution in [2.45, 2.75) is 31.7 Å². The summed E-state index contributed by atoms with van der Waals surface area (Å²) in [7, 11) is 0. The predicted molar refractivity (Wildman–Crippen MR) is 65.6 cm³/mol. The van der Waals surface area contributed by atoms with E-state index in [2.05, 4.69) is 20.6 Å². The Balaban J connectivity index is 1.68. The molecule has 94 valence electrons. The summed E-state index contributed by atoms with van der Waals surface area (Å²) in [5.74, 6) is 0.571. The van der Waals surface area contributed by atoms with E-state index in [1.54, 1.807) is 0 Å². The van der Waals surface area contributed by atoms with Gasteiger partial charge in [-0.3, -0.25) is 4.79 Å². The van der Waals surface area contributed by atoms with Crippen molar-refractivity contribution in [2.24, 2.45) is 0 Å². The SMILES string of the molecule is N#Cc1nccnc1NCCCC(=O)NC1CC1. The number of amides is 1. The predicted octanol–water partition coefficient (Wildman–Crippen LogP) is 0.819. The molecule has 2 N–H and O–H groups in total. The summed E-state index contributed by atoms with van der Waals surface area (Å²) in [6.07, 6.45) is 6.42. The lowest BCUT2D eigenvalue weighted by Gasteiger charge is -2.06. The van der Waals surface area contributed by atoms with Gasteiger partial charge in [0, 0.05) is 31.4 Å². The summed E-state index contributed by atoms with van der Waals surface area (Å²) in [4.78, 5) is 19.3. The van der Waals surface area contributed by atoms with Crippen molar-refractivity contribution in [3.05, 3.63) is 18.1 Å². The third-order valence-electron chi connectivity index (χ3n) is 2.62. The van der Waals surface area contributed by atoms with Crippen molar-refractivity contribution >= 4 is 11.7 Å². The molecule has 6 nitrogen and oxygen atoms in total. The third kappa shape index (κ3) is 3.70. The molecule has 1 heterocycles. The zero-order chi connectivity index (χ0) is 12.8. The second-order valence-corrected chi connectivity index (χ2v) is 4.24. The minimum absolute atomic E-state index is 0.0963. The van der Waals surface area contributed by atoms with Crippen LogP contribution in [0.4, 0.5) is 5.82 Å². The number of rotatable bonds is 6. The molecular formula is C12H15N5O. The number of nitrogens with one attached hydrogen (secondary N) is 2. The number of aromatic nitrogens is 2. The Hall–Kier alpha value is -2.16. The minimum Gasteiger partial charge on any atom is -0.368 e. The lowest BCUT2D eigenvalue weighted by Crippen LogP contribution is -2.25. The van der Waals surface area contributed by atoms with E-state index < -0.39 is 0 Å².